The number of esters is 2. The van der Waals surface area contributed by atoms with Crippen molar-refractivity contribution in [1.29, 1.82) is 0 Å². The van der Waals surface area contributed by atoms with Crippen LogP contribution < -0.4 is 9.64 Å². The molecule has 216 valence electrons. The smallest absolute Gasteiger partial charge is 0.414 e. The number of carbonyl (C=O) groups excluding carboxylic acids is 2. The highest BCUT2D eigenvalue weighted by atomic mass is 32.2. The van der Waals surface area contributed by atoms with E-state index >= 15 is 0 Å². The van der Waals surface area contributed by atoms with Gasteiger partial charge in [0, 0.05) is 0 Å². The zero-order chi connectivity index (χ0) is 28.4. The van der Waals surface area contributed by atoms with Crippen molar-refractivity contribution >= 4 is 21.8 Å². The summed E-state index contributed by atoms with van der Waals surface area (Å²) in [7, 11) is -4.17. The van der Waals surface area contributed by atoms with E-state index in [4.69, 9.17) is 14.2 Å². The van der Waals surface area contributed by atoms with E-state index in [1.165, 1.54) is 24.3 Å². The van der Waals surface area contributed by atoms with Crippen LogP contribution in [0, 0.1) is 23.0 Å². The first-order valence-electron chi connectivity index (χ1n) is 13.5. The van der Waals surface area contributed by atoms with Crippen molar-refractivity contribution in [2.75, 3.05) is 13.2 Å². The minimum atomic E-state index is -4.17. The predicted octanol–water partition coefficient (Wildman–Crippen LogP) is 4.02. The van der Waals surface area contributed by atoms with Crippen LogP contribution in [0.1, 0.15) is 72.1 Å². The normalized spacial score (nSPS) is 19.5. The molecule has 0 aliphatic heterocycles. The second-order valence-electron chi connectivity index (χ2n) is 10.3. The third-order valence-electron chi connectivity index (χ3n) is 6.92. The molecule has 0 unspecified atom stereocenters. The van der Waals surface area contributed by atoms with Gasteiger partial charge in [-0.05, 0) is 66.9 Å². The van der Waals surface area contributed by atoms with Crippen LogP contribution in [-0.4, -0.2) is 44.8 Å². The molecule has 39 heavy (non-hydrogen) atoms. The van der Waals surface area contributed by atoms with Crippen LogP contribution >= 0.6 is 0 Å². The highest BCUT2D eigenvalue weighted by Gasteiger charge is 2.36. The lowest BCUT2D eigenvalue weighted by Crippen LogP contribution is -2.35. The Morgan fingerprint density at radius 2 is 1.77 bits per heavy atom. The fourth-order valence-electron chi connectivity index (χ4n) is 4.73. The molecule has 0 N–H and O–H groups in total. The summed E-state index contributed by atoms with van der Waals surface area (Å²) >= 11 is 0. The summed E-state index contributed by atoms with van der Waals surface area (Å²) in [6.07, 6.45) is 4.59. The predicted molar refractivity (Wildman–Crippen MR) is 138 cm³/mol. The second-order valence-corrected chi connectivity index (χ2v) is 12.2. The quantitative estimate of drug-likeness (QED) is 0.186. The summed E-state index contributed by atoms with van der Waals surface area (Å²) in [6, 6.07) is 7.44. The van der Waals surface area contributed by atoms with E-state index in [-0.39, 0.29) is 47.9 Å². The van der Waals surface area contributed by atoms with Crippen molar-refractivity contribution in [1.82, 2.24) is 5.16 Å². The standard InChI is InChI=1S/C27H38N2O9S/c1-19(2)22-13-12-20(3)18-23(22)37-25(31)15-14-24(30)35-16-8-5-9-17-36-26-27(29(32)38-28-26)39(33,34)21-10-6-4-7-11-21/h4,6-7,10-11,19-20,22-23H,5,8-9,12-18H2,1-3H3/t20-,22+,23-/m1/s1. The van der Waals surface area contributed by atoms with Gasteiger partial charge < -0.3 is 19.4 Å². The number of benzene rings is 1. The van der Waals surface area contributed by atoms with Crippen LogP contribution in [0.2, 0.25) is 0 Å². The number of nitrogens with zero attached hydrogens (tertiary/aromatic N) is 2. The monoisotopic (exact) mass is 566 g/mol. The Kier molecular flexibility index (Phi) is 11.1. The average molecular weight is 567 g/mol. The fraction of sp³-hybridized carbons (Fsp3) is 0.630. The first-order valence-corrected chi connectivity index (χ1v) is 15.0. The molecule has 0 spiro atoms. The molecule has 1 aliphatic rings. The number of hydrogen-bond acceptors (Lipinski definition) is 10. The molecule has 3 atom stereocenters. The van der Waals surface area contributed by atoms with Gasteiger partial charge >= 0.3 is 22.8 Å². The van der Waals surface area contributed by atoms with Crippen molar-refractivity contribution in [3.8, 4) is 5.88 Å². The van der Waals surface area contributed by atoms with Gasteiger partial charge in [0.2, 0.25) is 0 Å². The molecule has 1 aromatic heterocycles. The van der Waals surface area contributed by atoms with Gasteiger partial charge in [-0.25, -0.2) is 8.42 Å². The highest BCUT2D eigenvalue weighted by Crippen LogP contribution is 2.35. The van der Waals surface area contributed by atoms with Crippen molar-refractivity contribution in [2.45, 2.75) is 88.2 Å². The Labute approximate surface area is 229 Å². The highest BCUT2D eigenvalue weighted by molar-refractivity contribution is 7.91. The Morgan fingerprint density at radius 3 is 2.49 bits per heavy atom. The number of unbranched alkanes of at least 4 members (excludes halogenated alkanes) is 2. The molecule has 0 radical (unpaired) electrons. The minimum absolute atomic E-state index is 0.00595. The molecule has 11 nitrogen and oxygen atoms in total. The maximum absolute atomic E-state index is 12.7. The summed E-state index contributed by atoms with van der Waals surface area (Å²) in [5.74, 6) is 0.0835. The molecule has 12 heteroatoms. The topological polar surface area (TPSA) is 149 Å². The number of rotatable bonds is 14. The van der Waals surface area contributed by atoms with Gasteiger partial charge in [0.15, 0.2) is 0 Å². The molecule has 1 heterocycles. The van der Waals surface area contributed by atoms with Gasteiger partial charge in [0.1, 0.15) is 6.10 Å². The third-order valence-corrected chi connectivity index (χ3v) is 8.65. The van der Waals surface area contributed by atoms with Crippen molar-refractivity contribution in [3.63, 3.8) is 0 Å². The lowest BCUT2D eigenvalue weighted by molar-refractivity contribution is -0.832. The van der Waals surface area contributed by atoms with Crippen LogP contribution in [0.3, 0.4) is 0 Å². The fourth-order valence-corrected chi connectivity index (χ4v) is 6.03. The summed E-state index contributed by atoms with van der Waals surface area (Å²) < 4.78 is 46.2. The first-order chi connectivity index (χ1) is 18.6. The lowest BCUT2D eigenvalue weighted by Gasteiger charge is -2.36. The van der Waals surface area contributed by atoms with Crippen LogP contribution in [0.15, 0.2) is 44.9 Å². The van der Waals surface area contributed by atoms with Gasteiger partial charge in [0.25, 0.3) is 9.84 Å². The Bertz CT molecular complexity index is 1180. The molecule has 3 rings (SSSR count). The third kappa shape index (κ3) is 8.67. The van der Waals surface area contributed by atoms with Gasteiger partial charge in [-0.15, -0.1) is 0 Å². The molecule has 1 fully saturated rings. The van der Waals surface area contributed by atoms with Crippen molar-refractivity contribution in [2.24, 2.45) is 17.8 Å². The molecule has 1 aliphatic carbocycles. The van der Waals surface area contributed by atoms with Crippen LogP contribution in [0.5, 0.6) is 5.88 Å². The zero-order valence-corrected chi connectivity index (χ0v) is 23.6. The van der Waals surface area contributed by atoms with E-state index in [1.807, 2.05) is 0 Å². The maximum atomic E-state index is 12.7. The van der Waals surface area contributed by atoms with Crippen molar-refractivity contribution in [3.05, 3.63) is 35.5 Å². The van der Waals surface area contributed by atoms with E-state index in [2.05, 4.69) is 30.6 Å². The molecule has 0 amide bonds. The van der Waals surface area contributed by atoms with Crippen LogP contribution in [0.4, 0.5) is 0 Å². The van der Waals surface area contributed by atoms with E-state index in [0.29, 0.717) is 37.0 Å². The number of hydrogen-bond donors (Lipinski definition) is 0. The van der Waals surface area contributed by atoms with E-state index in [1.54, 1.807) is 6.07 Å². The van der Waals surface area contributed by atoms with Gasteiger partial charge in [-0.1, -0.05) is 45.4 Å². The summed E-state index contributed by atoms with van der Waals surface area (Å²) in [5.41, 5.74) is 0. The van der Waals surface area contributed by atoms with E-state index < -0.39 is 26.7 Å². The van der Waals surface area contributed by atoms with E-state index in [9.17, 15) is 23.2 Å². The van der Waals surface area contributed by atoms with Crippen LogP contribution in [0.25, 0.3) is 0 Å². The van der Waals surface area contributed by atoms with Crippen LogP contribution in [-0.2, 0) is 28.9 Å². The summed E-state index contributed by atoms with van der Waals surface area (Å²) in [5, 5.41) is 14.6. The SMILES string of the molecule is CC(C)[C@@H]1CC[C@@H](C)C[C@H]1OC(=O)CCC(=O)OCCCCCOc1no[n+]([O-])c1S(=O)(=O)c1ccccc1. The Hall–Kier alpha value is -3.15. The largest absolute Gasteiger partial charge is 0.466 e. The molecule has 0 bridgehead atoms. The number of ether oxygens (including phenoxy) is 3. The van der Waals surface area contributed by atoms with Gasteiger partial charge in [-0.3, -0.25) is 14.2 Å². The maximum Gasteiger partial charge on any atom is 0.414 e. The number of sulfone groups is 1. The number of carbonyl (C=O) groups is 2. The average Bonchev–Trinajstić information content (AvgIpc) is 3.28. The molecular formula is C27H38N2O9S. The number of aromatic nitrogens is 2. The Morgan fingerprint density at radius 1 is 1.08 bits per heavy atom. The van der Waals surface area contributed by atoms with Gasteiger partial charge in [-0.2, -0.15) is 0 Å². The lowest BCUT2D eigenvalue weighted by atomic mass is 9.75. The molecule has 0 saturated heterocycles. The minimum Gasteiger partial charge on any atom is -0.466 e. The van der Waals surface area contributed by atoms with Gasteiger partial charge in [0.05, 0.1) is 36.1 Å². The molecule has 2 aromatic rings. The zero-order valence-electron chi connectivity index (χ0n) is 22.7. The first kappa shape index (κ1) is 30.4. The summed E-state index contributed by atoms with van der Waals surface area (Å²) in [6.45, 7) is 6.73. The molecule has 1 aromatic carbocycles. The molecule has 1 saturated carbocycles. The second kappa shape index (κ2) is 14.3. The molecular weight excluding hydrogens is 528 g/mol. The summed E-state index contributed by atoms with van der Waals surface area (Å²) in [4.78, 5) is 24.1. The Balaban J connectivity index is 1.32. The van der Waals surface area contributed by atoms with Crippen molar-refractivity contribution < 1.29 is 41.7 Å². The van der Waals surface area contributed by atoms with E-state index in [0.717, 1.165) is 19.3 Å².